The predicted molar refractivity (Wildman–Crippen MR) is 126 cm³/mol. The van der Waals surface area contributed by atoms with Gasteiger partial charge in [0.2, 0.25) is 5.91 Å². The van der Waals surface area contributed by atoms with Gasteiger partial charge in [0.25, 0.3) is 0 Å². The van der Waals surface area contributed by atoms with Gasteiger partial charge in [-0.2, -0.15) is 0 Å². The molecule has 0 spiro atoms. The number of thioether (sulfide) groups is 2. The molecule has 30 heavy (non-hydrogen) atoms. The molecule has 0 saturated carbocycles. The number of aromatic nitrogens is 1. The Balaban J connectivity index is 1.54. The third-order valence-electron chi connectivity index (χ3n) is 4.95. The summed E-state index contributed by atoms with van der Waals surface area (Å²) in [6.07, 6.45) is 4.15. The standard InChI is InChI=1S/C22H24N2O3S3/c1-26-15-8-10-17(11-9-15)29-14-20(25)24(13-16-5-4-12-27-16)22-23-21-18(28-2)6-3-7-19(21)30-22/h3,6-11,16H,4-5,12-14H2,1-2H3. The number of ether oxygens (including phenoxy) is 2. The van der Waals surface area contributed by atoms with Gasteiger partial charge in [-0.05, 0) is 55.5 Å². The molecule has 0 aliphatic carbocycles. The maximum atomic E-state index is 13.2. The molecule has 158 valence electrons. The lowest BCUT2D eigenvalue weighted by Gasteiger charge is -2.23. The van der Waals surface area contributed by atoms with Crippen LogP contribution < -0.4 is 9.64 Å². The summed E-state index contributed by atoms with van der Waals surface area (Å²) in [6, 6.07) is 14.0. The van der Waals surface area contributed by atoms with Crippen LogP contribution in [0.3, 0.4) is 0 Å². The molecule has 1 aliphatic heterocycles. The number of methoxy groups -OCH3 is 1. The first-order chi connectivity index (χ1) is 14.7. The van der Waals surface area contributed by atoms with E-state index < -0.39 is 0 Å². The van der Waals surface area contributed by atoms with Crippen molar-refractivity contribution >= 4 is 56.1 Å². The van der Waals surface area contributed by atoms with Crippen molar-refractivity contribution in [2.45, 2.75) is 28.7 Å². The highest BCUT2D eigenvalue weighted by molar-refractivity contribution is 8.00. The van der Waals surface area contributed by atoms with Crippen molar-refractivity contribution in [1.82, 2.24) is 4.98 Å². The van der Waals surface area contributed by atoms with Crippen LogP contribution in [0, 0.1) is 0 Å². The summed E-state index contributed by atoms with van der Waals surface area (Å²) >= 11 is 4.78. The van der Waals surface area contributed by atoms with Gasteiger partial charge in [-0.3, -0.25) is 9.69 Å². The molecule has 2 aromatic carbocycles. The minimum Gasteiger partial charge on any atom is -0.497 e. The number of benzene rings is 2. The number of amides is 1. The van der Waals surface area contributed by atoms with Crippen molar-refractivity contribution < 1.29 is 14.3 Å². The van der Waals surface area contributed by atoms with Gasteiger partial charge >= 0.3 is 0 Å². The average molecular weight is 461 g/mol. The third kappa shape index (κ3) is 4.94. The second-order valence-corrected chi connectivity index (χ2v) is 9.81. The molecule has 1 aliphatic rings. The highest BCUT2D eigenvalue weighted by Crippen LogP contribution is 2.35. The van der Waals surface area contributed by atoms with Crippen LogP contribution in [0.15, 0.2) is 52.3 Å². The quantitative estimate of drug-likeness (QED) is 0.424. The Morgan fingerprint density at radius 3 is 2.83 bits per heavy atom. The van der Waals surface area contributed by atoms with E-state index in [0.717, 1.165) is 50.3 Å². The number of para-hydroxylation sites is 1. The Morgan fingerprint density at radius 2 is 2.13 bits per heavy atom. The van der Waals surface area contributed by atoms with E-state index in [9.17, 15) is 4.79 Å². The summed E-state index contributed by atoms with van der Waals surface area (Å²) in [5.74, 6) is 1.21. The Bertz CT molecular complexity index is 1000. The molecule has 1 aromatic heterocycles. The number of carbonyl (C=O) groups is 1. The summed E-state index contributed by atoms with van der Waals surface area (Å²) in [6.45, 7) is 1.32. The molecule has 5 nitrogen and oxygen atoms in total. The lowest BCUT2D eigenvalue weighted by molar-refractivity contribution is -0.116. The summed E-state index contributed by atoms with van der Waals surface area (Å²) in [5, 5.41) is 0.752. The fourth-order valence-electron chi connectivity index (χ4n) is 3.37. The molecule has 1 atom stereocenters. The molecule has 0 radical (unpaired) electrons. The number of anilines is 1. The van der Waals surface area contributed by atoms with Gasteiger partial charge in [0.15, 0.2) is 5.13 Å². The topological polar surface area (TPSA) is 51.7 Å². The second-order valence-electron chi connectivity index (χ2n) is 6.91. The Hall–Kier alpha value is -1.74. The number of carbonyl (C=O) groups excluding carboxylic acids is 1. The van der Waals surface area contributed by atoms with Crippen LogP contribution in [0.5, 0.6) is 5.75 Å². The molecule has 1 unspecified atom stereocenters. The van der Waals surface area contributed by atoms with Gasteiger partial charge in [0, 0.05) is 16.4 Å². The highest BCUT2D eigenvalue weighted by atomic mass is 32.2. The fraction of sp³-hybridized carbons (Fsp3) is 0.364. The highest BCUT2D eigenvalue weighted by Gasteiger charge is 2.26. The second kappa shape index (κ2) is 10.0. The zero-order valence-electron chi connectivity index (χ0n) is 17.0. The molecule has 3 aromatic rings. The molecular weight excluding hydrogens is 436 g/mol. The summed E-state index contributed by atoms with van der Waals surface area (Å²) in [5.41, 5.74) is 0.970. The van der Waals surface area contributed by atoms with E-state index in [-0.39, 0.29) is 12.0 Å². The molecular formula is C22H24N2O3S3. The van der Waals surface area contributed by atoms with E-state index in [1.807, 2.05) is 35.2 Å². The molecule has 0 bridgehead atoms. The van der Waals surface area contributed by atoms with Crippen molar-refractivity contribution in [3.63, 3.8) is 0 Å². The van der Waals surface area contributed by atoms with Gasteiger partial charge < -0.3 is 9.47 Å². The zero-order valence-corrected chi connectivity index (χ0v) is 19.4. The smallest absolute Gasteiger partial charge is 0.239 e. The molecule has 1 saturated heterocycles. The van der Waals surface area contributed by atoms with Crippen molar-refractivity contribution in [3.8, 4) is 5.75 Å². The molecule has 2 heterocycles. The molecule has 0 N–H and O–H groups in total. The normalized spacial score (nSPS) is 16.1. The van der Waals surface area contributed by atoms with Crippen molar-refractivity contribution in [2.75, 3.05) is 37.2 Å². The number of fused-ring (bicyclic) bond motifs is 1. The van der Waals surface area contributed by atoms with Crippen LogP contribution >= 0.6 is 34.9 Å². The maximum absolute atomic E-state index is 13.2. The Kier molecular flexibility index (Phi) is 7.20. The first-order valence-corrected chi connectivity index (χ1v) is 12.8. The minimum absolute atomic E-state index is 0.0519. The van der Waals surface area contributed by atoms with Gasteiger partial charge in [-0.15, -0.1) is 23.5 Å². The number of hydrogen-bond donors (Lipinski definition) is 0. The number of hydrogen-bond acceptors (Lipinski definition) is 7. The largest absolute Gasteiger partial charge is 0.497 e. The van der Waals surface area contributed by atoms with E-state index >= 15 is 0 Å². The monoisotopic (exact) mass is 460 g/mol. The van der Waals surface area contributed by atoms with Crippen LogP contribution in [0.1, 0.15) is 12.8 Å². The van der Waals surface area contributed by atoms with Gasteiger partial charge in [-0.25, -0.2) is 4.98 Å². The lowest BCUT2D eigenvalue weighted by atomic mass is 10.2. The van der Waals surface area contributed by atoms with Gasteiger partial charge in [0.05, 0.1) is 35.7 Å². The van der Waals surface area contributed by atoms with Crippen molar-refractivity contribution in [1.29, 1.82) is 0 Å². The molecule has 1 fully saturated rings. The summed E-state index contributed by atoms with van der Waals surface area (Å²) in [4.78, 5) is 22.1. The zero-order chi connectivity index (χ0) is 20.9. The van der Waals surface area contributed by atoms with Crippen molar-refractivity contribution in [2.24, 2.45) is 0 Å². The SMILES string of the molecule is COc1ccc(SCC(=O)N(CC2CCCO2)c2nc3c(SC)cccc3s2)cc1. The number of nitrogens with zero attached hydrogens (tertiary/aromatic N) is 2. The predicted octanol–water partition coefficient (Wildman–Crippen LogP) is 5.33. The van der Waals surface area contributed by atoms with Crippen molar-refractivity contribution in [3.05, 3.63) is 42.5 Å². The van der Waals surface area contributed by atoms with Gasteiger partial charge in [0.1, 0.15) is 5.75 Å². The van der Waals surface area contributed by atoms with Crippen LogP contribution in [0.2, 0.25) is 0 Å². The van der Waals surface area contributed by atoms with E-state index in [0.29, 0.717) is 12.3 Å². The molecule has 1 amide bonds. The van der Waals surface area contributed by atoms with E-state index in [2.05, 4.69) is 18.4 Å². The third-order valence-corrected chi connectivity index (χ3v) is 7.76. The molecule has 4 rings (SSSR count). The van der Waals surface area contributed by atoms with E-state index in [1.165, 1.54) is 11.8 Å². The fourth-order valence-corrected chi connectivity index (χ4v) is 5.79. The lowest BCUT2D eigenvalue weighted by Crippen LogP contribution is -2.38. The van der Waals surface area contributed by atoms with Crippen LogP contribution in [0.4, 0.5) is 5.13 Å². The van der Waals surface area contributed by atoms with E-state index in [1.54, 1.807) is 30.2 Å². The first-order valence-electron chi connectivity index (χ1n) is 9.80. The first kappa shape index (κ1) is 21.5. The number of rotatable bonds is 8. The van der Waals surface area contributed by atoms with E-state index in [4.69, 9.17) is 14.5 Å². The molecule has 8 heteroatoms. The van der Waals surface area contributed by atoms with Gasteiger partial charge in [-0.1, -0.05) is 17.4 Å². The van der Waals surface area contributed by atoms with Crippen LogP contribution in [-0.2, 0) is 9.53 Å². The maximum Gasteiger partial charge on any atom is 0.239 e. The van der Waals surface area contributed by atoms with Crippen LogP contribution in [0.25, 0.3) is 10.2 Å². The Labute approximate surface area is 189 Å². The Morgan fingerprint density at radius 1 is 1.30 bits per heavy atom. The minimum atomic E-state index is 0.0519. The summed E-state index contributed by atoms with van der Waals surface area (Å²) in [7, 11) is 1.65. The van der Waals surface area contributed by atoms with Crippen LogP contribution in [-0.4, -0.2) is 49.3 Å². The average Bonchev–Trinajstić information content (AvgIpc) is 3.45. The summed E-state index contributed by atoms with van der Waals surface area (Å²) < 4.78 is 12.1. The number of thiazole rings is 1.